The molecule has 1 heterocycles. The summed E-state index contributed by atoms with van der Waals surface area (Å²) in [7, 11) is -3.35. The molecule has 2 N–H and O–H groups in total. The molecule has 0 aliphatic carbocycles. The molecule has 0 fully saturated rings. The number of aryl methyl sites for hydroxylation is 1. The van der Waals surface area contributed by atoms with E-state index in [2.05, 4.69) is 0 Å². The van der Waals surface area contributed by atoms with E-state index < -0.39 is 9.84 Å². The maximum absolute atomic E-state index is 12.3. The highest BCUT2D eigenvalue weighted by molar-refractivity contribution is 7.90. The van der Waals surface area contributed by atoms with Crippen LogP contribution in [0.15, 0.2) is 35.2 Å². The molecule has 1 aromatic heterocycles. The fraction of sp³-hybridized carbons (Fsp3) is 0.167. The van der Waals surface area contributed by atoms with Crippen LogP contribution in [0.1, 0.15) is 10.4 Å². The number of benzene rings is 1. The first-order valence-electron chi connectivity index (χ1n) is 5.21. The molecule has 0 saturated heterocycles. The van der Waals surface area contributed by atoms with E-state index in [4.69, 9.17) is 17.3 Å². The average molecular weight is 302 g/mol. The molecule has 0 amide bonds. The van der Waals surface area contributed by atoms with E-state index in [0.29, 0.717) is 20.5 Å². The predicted octanol–water partition coefficient (Wildman–Crippen LogP) is 3.27. The monoisotopic (exact) mass is 301 g/mol. The van der Waals surface area contributed by atoms with Gasteiger partial charge in [0.05, 0.1) is 15.0 Å². The van der Waals surface area contributed by atoms with E-state index in [1.54, 1.807) is 37.3 Å². The predicted molar refractivity (Wildman–Crippen MR) is 75.8 cm³/mol. The highest BCUT2D eigenvalue weighted by Gasteiger charge is 2.18. The summed E-state index contributed by atoms with van der Waals surface area (Å²) in [5.41, 5.74) is 6.84. The molecular formula is C12H12ClNO2S2. The van der Waals surface area contributed by atoms with Crippen LogP contribution in [0, 0.1) is 6.92 Å². The highest BCUT2D eigenvalue weighted by atomic mass is 35.5. The standard InChI is InChI=1S/C12H12ClNO2S2/c1-8-6-9(14)2-4-11(8)18(15,16)7-10-3-5-12(13)17-10/h2-6H,7,14H2,1H3. The number of anilines is 1. The molecule has 6 heteroatoms. The number of nitrogen functional groups attached to an aromatic ring is 1. The van der Waals surface area contributed by atoms with Gasteiger partial charge >= 0.3 is 0 Å². The number of thiophene rings is 1. The lowest BCUT2D eigenvalue weighted by molar-refractivity contribution is 0.595. The quantitative estimate of drug-likeness (QED) is 0.885. The number of rotatable bonds is 3. The van der Waals surface area contributed by atoms with Gasteiger partial charge in [-0.25, -0.2) is 8.42 Å². The van der Waals surface area contributed by atoms with Crippen LogP contribution in [0.3, 0.4) is 0 Å². The second-order valence-electron chi connectivity index (χ2n) is 3.99. The van der Waals surface area contributed by atoms with Crippen LogP contribution >= 0.6 is 22.9 Å². The minimum absolute atomic E-state index is 0.0326. The summed E-state index contributed by atoms with van der Waals surface area (Å²) in [4.78, 5) is 1.05. The van der Waals surface area contributed by atoms with Gasteiger partial charge in [-0.1, -0.05) is 11.6 Å². The van der Waals surface area contributed by atoms with Crippen molar-refractivity contribution in [1.29, 1.82) is 0 Å². The van der Waals surface area contributed by atoms with Crippen molar-refractivity contribution >= 4 is 38.5 Å². The molecule has 3 nitrogen and oxygen atoms in total. The topological polar surface area (TPSA) is 60.2 Å². The zero-order chi connectivity index (χ0) is 13.3. The van der Waals surface area contributed by atoms with Gasteiger partial charge in [0.15, 0.2) is 9.84 Å². The molecule has 2 rings (SSSR count). The molecule has 2 aromatic rings. The number of hydrogen-bond acceptors (Lipinski definition) is 4. The smallest absolute Gasteiger partial charge is 0.183 e. The zero-order valence-corrected chi connectivity index (χ0v) is 12.1. The van der Waals surface area contributed by atoms with Crippen LogP contribution in [0.4, 0.5) is 5.69 Å². The van der Waals surface area contributed by atoms with Gasteiger partial charge in [-0.3, -0.25) is 0 Å². The first-order valence-corrected chi connectivity index (χ1v) is 8.06. The Hall–Kier alpha value is -1.04. The number of halogens is 1. The lowest BCUT2D eigenvalue weighted by Crippen LogP contribution is -2.06. The van der Waals surface area contributed by atoms with E-state index in [9.17, 15) is 8.42 Å². The van der Waals surface area contributed by atoms with Crippen LogP contribution in [0.25, 0.3) is 0 Å². The van der Waals surface area contributed by atoms with E-state index in [-0.39, 0.29) is 5.75 Å². The Morgan fingerprint density at radius 1 is 1.28 bits per heavy atom. The van der Waals surface area contributed by atoms with Crippen LogP contribution in [0.2, 0.25) is 4.34 Å². The third-order valence-electron chi connectivity index (χ3n) is 2.50. The Kier molecular flexibility index (Phi) is 3.66. The molecule has 0 atom stereocenters. The molecule has 1 aromatic carbocycles. The summed E-state index contributed by atoms with van der Waals surface area (Å²) in [6.45, 7) is 1.74. The Morgan fingerprint density at radius 2 is 2.00 bits per heavy atom. The van der Waals surface area contributed by atoms with Crippen molar-refractivity contribution in [3.63, 3.8) is 0 Å². The normalized spacial score (nSPS) is 11.7. The lowest BCUT2D eigenvalue weighted by atomic mass is 10.2. The molecule has 0 aliphatic rings. The Balaban J connectivity index is 2.36. The van der Waals surface area contributed by atoms with E-state index >= 15 is 0 Å². The van der Waals surface area contributed by atoms with Crippen LogP contribution < -0.4 is 5.73 Å². The molecule has 0 unspecified atom stereocenters. The third-order valence-corrected chi connectivity index (χ3v) is 5.73. The summed E-state index contributed by atoms with van der Waals surface area (Å²) in [5, 5.41) is 0. The summed E-state index contributed by atoms with van der Waals surface area (Å²) >= 11 is 7.07. The van der Waals surface area contributed by atoms with E-state index in [1.807, 2.05) is 0 Å². The highest BCUT2D eigenvalue weighted by Crippen LogP contribution is 2.27. The Morgan fingerprint density at radius 3 is 2.56 bits per heavy atom. The minimum atomic E-state index is -3.35. The third kappa shape index (κ3) is 2.85. The van der Waals surface area contributed by atoms with Gasteiger partial charge in [-0.2, -0.15) is 0 Å². The molecule has 0 bridgehead atoms. The van der Waals surface area contributed by atoms with Gasteiger partial charge in [-0.05, 0) is 42.8 Å². The summed E-state index contributed by atoms with van der Waals surface area (Å²) in [5.74, 6) is -0.0326. The first-order chi connectivity index (χ1) is 8.38. The molecule has 0 aliphatic heterocycles. The molecular weight excluding hydrogens is 290 g/mol. The average Bonchev–Trinajstić information content (AvgIpc) is 2.62. The van der Waals surface area contributed by atoms with Crippen molar-refractivity contribution in [3.05, 3.63) is 45.1 Å². The van der Waals surface area contributed by atoms with Gasteiger partial charge in [-0.15, -0.1) is 11.3 Å². The summed E-state index contributed by atoms with van der Waals surface area (Å²) in [6.07, 6.45) is 0. The molecule has 0 spiro atoms. The van der Waals surface area contributed by atoms with Crippen molar-refractivity contribution in [2.24, 2.45) is 0 Å². The van der Waals surface area contributed by atoms with Crippen LogP contribution in [0.5, 0.6) is 0 Å². The van der Waals surface area contributed by atoms with Crippen molar-refractivity contribution in [3.8, 4) is 0 Å². The summed E-state index contributed by atoms with van der Waals surface area (Å²) < 4.78 is 25.1. The van der Waals surface area contributed by atoms with E-state index in [1.165, 1.54) is 11.3 Å². The maximum atomic E-state index is 12.3. The van der Waals surface area contributed by atoms with Crippen LogP contribution in [-0.2, 0) is 15.6 Å². The van der Waals surface area contributed by atoms with Crippen LogP contribution in [-0.4, -0.2) is 8.42 Å². The lowest BCUT2D eigenvalue weighted by Gasteiger charge is -2.07. The SMILES string of the molecule is Cc1cc(N)ccc1S(=O)(=O)Cc1ccc(Cl)s1. The van der Waals surface area contributed by atoms with Crippen molar-refractivity contribution < 1.29 is 8.42 Å². The largest absolute Gasteiger partial charge is 0.399 e. The maximum Gasteiger partial charge on any atom is 0.183 e. The minimum Gasteiger partial charge on any atom is -0.399 e. The number of hydrogen-bond donors (Lipinski definition) is 1. The second kappa shape index (κ2) is 4.91. The fourth-order valence-electron chi connectivity index (χ4n) is 1.72. The molecule has 0 radical (unpaired) electrons. The zero-order valence-electron chi connectivity index (χ0n) is 9.68. The van der Waals surface area contributed by atoms with Crippen molar-refractivity contribution in [2.45, 2.75) is 17.6 Å². The van der Waals surface area contributed by atoms with Gasteiger partial charge in [0.1, 0.15) is 0 Å². The van der Waals surface area contributed by atoms with Gasteiger partial charge in [0.25, 0.3) is 0 Å². The first kappa shape index (κ1) is 13.4. The van der Waals surface area contributed by atoms with Crippen molar-refractivity contribution in [2.75, 3.05) is 5.73 Å². The van der Waals surface area contributed by atoms with Crippen molar-refractivity contribution in [1.82, 2.24) is 0 Å². The van der Waals surface area contributed by atoms with E-state index in [0.717, 1.165) is 4.88 Å². The molecule has 0 saturated carbocycles. The Bertz CT molecular complexity index is 677. The number of sulfone groups is 1. The van der Waals surface area contributed by atoms with Gasteiger partial charge < -0.3 is 5.73 Å². The molecule has 96 valence electrons. The Labute approximate surface area is 115 Å². The second-order valence-corrected chi connectivity index (χ2v) is 7.75. The fourth-order valence-corrected chi connectivity index (χ4v) is 4.75. The molecule has 18 heavy (non-hydrogen) atoms. The number of nitrogens with two attached hydrogens (primary N) is 1. The summed E-state index contributed by atoms with van der Waals surface area (Å²) in [6, 6.07) is 8.24. The van der Waals surface area contributed by atoms with Gasteiger partial charge in [0.2, 0.25) is 0 Å². The van der Waals surface area contributed by atoms with Gasteiger partial charge in [0, 0.05) is 10.6 Å².